The third-order valence-corrected chi connectivity index (χ3v) is 6.27. The number of hydrogen-bond donors (Lipinski definition) is 3. The number of methoxy groups -OCH3 is 1. The van der Waals surface area contributed by atoms with Gasteiger partial charge in [-0.1, -0.05) is 25.7 Å². The zero-order valence-corrected chi connectivity index (χ0v) is 18.1. The fourth-order valence-corrected chi connectivity index (χ4v) is 4.59. The molecule has 1 amide bonds. The van der Waals surface area contributed by atoms with E-state index in [0.717, 1.165) is 23.7 Å². The average Bonchev–Trinajstić information content (AvgIpc) is 2.91. The first kappa shape index (κ1) is 20.7. The number of ether oxygens (including phenoxy) is 1. The van der Waals surface area contributed by atoms with E-state index < -0.39 is 0 Å². The molecule has 0 atom stereocenters. The highest BCUT2D eigenvalue weighted by molar-refractivity contribution is 7.71. The molecular weight excluding hydrogens is 400 g/mol. The van der Waals surface area contributed by atoms with E-state index in [9.17, 15) is 9.59 Å². The lowest BCUT2D eigenvalue weighted by atomic mass is 10.1. The van der Waals surface area contributed by atoms with Gasteiger partial charge in [0.15, 0.2) is 4.77 Å². The topological polar surface area (TPSA) is 91.9 Å². The van der Waals surface area contributed by atoms with Gasteiger partial charge in [0.2, 0.25) is 5.91 Å². The molecule has 4 rings (SSSR count). The minimum absolute atomic E-state index is 0.0589. The number of amides is 1. The second-order valence-corrected chi connectivity index (χ2v) is 8.42. The van der Waals surface area contributed by atoms with Gasteiger partial charge in [0.1, 0.15) is 11.3 Å². The fraction of sp³-hybridized carbons (Fsp3) is 0.500. The van der Waals surface area contributed by atoms with Crippen molar-refractivity contribution in [3.8, 4) is 5.75 Å². The Morgan fingerprint density at radius 2 is 1.97 bits per heavy atom. The third kappa shape index (κ3) is 4.28. The van der Waals surface area contributed by atoms with Crippen LogP contribution in [0.2, 0.25) is 0 Å². The van der Waals surface area contributed by atoms with Crippen LogP contribution in [0.5, 0.6) is 5.75 Å². The minimum atomic E-state index is -0.173. The van der Waals surface area contributed by atoms with E-state index in [1.807, 2.05) is 18.2 Å². The first-order valence-corrected chi connectivity index (χ1v) is 11.1. The van der Waals surface area contributed by atoms with Gasteiger partial charge in [-0.05, 0) is 49.7 Å². The normalized spacial score (nSPS) is 15.4. The van der Waals surface area contributed by atoms with Crippen molar-refractivity contribution in [2.75, 3.05) is 7.11 Å². The first-order chi connectivity index (χ1) is 14.6. The Morgan fingerprint density at radius 1 is 1.20 bits per heavy atom. The first-order valence-electron chi connectivity index (χ1n) is 10.7. The van der Waals surface area contributed by atoms with Crippen LogP contribution in [0.25, 0.3) is 21.9 Å². The number of fused-ring (bicyclic) bond motifs is 3. The highest BCUT2D eigenvalue weighted by Crippen LogP contribution is 2.26. The number of carbonyl (C=O) groups excluding carboxylic acids is 1. The van der Waals surface area contributed by atoms with Crippen LogP contribution in [-0.4, -0.2) is 33.6 Å². The quantitative estimate of drug-likeness (QED) is 0.406. The fourth-order valence-electron chi connectivity index (χ4n) is 4.31. The van der Waals surface area contributed by atoms with Crippen LogP contribution in [0.1, 0.15) is 51.4 Å². The summed E-state index contributed by atoms with van der Waals surface area (Å²) in [6.07, 6.45) is 7.98. The lowest BCUT2D eigenvalue weighted by Crippen LogP contribution is -2.34. The molecular formula is C22H28N4O3S. The summed E-state index contributed by atoms with van der Waals surface area (Å²) in [6, 6.07) is 5.90. The molecule has 8 heteroatoms. The maximum atomic E-state index is 13.0. The van der Waals surface area contributed by atoms with Gasteiger partial charge in [0, 0.05) is 29.9 Å². The van der Waals surface area contributed by atoms with Gasteiger partial charge in [0.25, 0.3) is 5.56 Å². The largest absolute Gasteiger partial charge is 0.497 e. The number of aromatic nitrogens is 3. The predicted octanol–water partition coefficient (Wildman–Crippen LogP) is 4.17. The van der Waals surface area contributed by atoms with Crippen LogP contribution in [0.3, 0.4) is 0 Å². The van der Waals surface area contributed by atoms with Gasteiger partial charge in [-0.3, -0.25) is 14.2 Å². The Bertz CT molecular complexity index is 1170. The molecule has 1 aromatic carbocycles. The molecule has 7 nitrogen and oxygen atoms in total. The summed E-state index contributed by atoms with van der Waals surface area (Å²) >= 11 is 5.44. The van der Waals surface area contributed by atoms with Gasteiger partial charge < -0.3 is 20.0 Å². The number of H-pyrrole nitrogens is 2. The summed E-state index contributed by atoms with van der Waals surface area (Å²) in [5.74, 6) is 0.773. The van der Waals surface area contributed by atoms with Crippen LogP contribution < -0.4 is 15.6 Å². The van der Waals surface area contributed by atoms with Crippen molar-refractivity contribution in [3.05, 3.63) is 33.3 Å². The summed E-state index contributed by atoms with van der Waals surface area (Å²) in [5.41, 5.74) is 1.83. The van der Waals surface area contributed by atoms with E-state index in [0.29, 0.717) is 47.0 Å². The van der Waals surface area contributed by atoms with Crippen LogP contribution in [0.15, 0.2) is 23.0 Å². The molecule has 1 saturated carbocycles. The molecule has 0 bridgehead atoms. The Kier molecular flexibility index (Phi) is 6.22. The van der Waals surface area contributed by atoms with Crippen molar-refractivity contribution in [3.63, 3.8) is 0 Å². The van der Waals surface area contributed by atoms with Gasteiger partial charge in [-0.25, -0.2) is 0 Å². The molecule has 160 valence electrons. The molecule has 1 fully saturated rings. The van der Waals surface area contributed by atoms with Gasteiger partial charge in [-0.15, -0.1) is 0 Å². The second-order valence-electron chi connectivity index (χ2n) is 8.03. The van der Waals surface area contributed by atoms with Crippen molar-refractivity contribution in [2.45, 2.75) is 64.0 Å². The molecule has 1 aliphatic rings. The summed E-state index contributed by atoms with van der Waals surface area (Å²) in [7, 11) is 1.61. The van der Waals surface area contributed by atoms with Gasteiger partial charge >= 0.3 is 0 Å². The molecule has 2 heterocycles. The number of aromatic amines is 2. The third-order valence-electron chi connectivity index (χ3n) is 5.95. The van der Waals surface area contributed by atoms with Crippen LogP contribution in [0, 0.1) is 4.77 Å². The lowest BCUT2D eigenvalue weighted by Gasteiger charge is -2.16. The Hall–Kier alpha value is -2.61. The van der Waals surface area contributed by atoms with Crippen LogP contribution in [-0.2, 0) is 11.3 Å². The smallest absolute Gasteiger partial charge is 0.278 e. The van der Waals surface area contributed by atoms with Crippen molar-refractivity contribution < 1.29 is 9.53 Å². The Balaban J connectivity index is 1.47. The standard InChI is InChI=1S/C22H28N4O3S/c1-29-15-10-11-17-16(13-15)19-20(24-17)21(28)26(22(30)25-19)12-6-9-18(27)23-14-7-4-2-3-5-8-14/h10-11,13-14,24H,2-9,12H2,1H3,(H,23,27)(H,25,30). The highest BCUT2D eigenvalue weighted by Gasteiger charge is 2.15. The zero-order valence-electron chi connectivity index (χ0n) is 17.3. The number of carbonyl (C=O) groups is 1. The Labute approximate surface area is 179 Å². The van der Waals surface area contributed by atoms with Crippen molar-refractivity contribution >= 4 is 40.1 Å². The number of hydrogen-bond acceptors (Lipinski definition) is 4. The van der Waals surface area contributed by atoms with Crippen molar-refractivity contribution in [2.24, 2.45) is 0 Å². The number of benzene rings is 1. The SMILES string of the molecule is COc1ccc2[nH]c3c(=O)n(CCCC(=O)NC4CCCCCC4)c(=S)[nH]c3c2c1. The van der Waals surface area contributed by atoms with E-state index in [-0.39, 0.29) is 11.5 Å². The molecule has 0 radical (unpaired) electrons. The molecule has 3 N–H and O–H groups in total. The minimum Gasteiger partial charge on any atom is -0.497 e. The maximum absolute atomic E-state index is 13.0. The van der Waals surface area contributed by atoms with E-state index in [4.69, 9.17) is 17.0 Å². The summed E-state index contributed by atoms with van der Waals surface area (Å²) in [5, 5.41) is 4.02. The zero-order chi connectivity index (χ0) is 21.1. The average molecular weight is 429 g/mol. The summed E-state index contributed by atoms with van der Waals surface area (Å²) in [4.78, 5) is 31.7. The summed E-state index contributed by atoms with van der Waals surface area (Å²) in [6.45, 7) is 0.404. The number of nitrogens with one attached hydrogen (secondary N) is 3. The van der Waals surface area contributed by atoms with E-state index in [1.54, 1.807) is 7.11 Å². The molecule has 2 aromatic heterocycles. The maximum Gasteiger partial charge on any atom is 0.278 e. The molecule has 30 heavy (non-hydrogen) atoms. The monoisotopic (exact) mass is 428 g/mol. The number of rotatable bonds is 6. The van der Waals surface area contributed by atoms with E-state index in [2.05, 4.69) is 15.3 Å². The van der Waals surface area contributed by atoms with Crippen LogP contribution >= 0.6 is 12.2 Å². The lowest BCUT2D eigenvalue weighted by molar-refractivity contribution is -0.122. The summed E-state index contributed by atoms with van der Waals surface area (Å²) < 4.78 is 7.18. The van der Waals surface area contributed by atoms with E-state index in [1.165, 1.54) is 30.3 Å². The second kappa shape index (κ2) is 9.04. The Morgan fingerprint density at radius 3 is 2.70 bits per heavy atom. The van der Waals surface area contributed by atoms with Crippen LogP contribution in [0.4, 0.5) is 0 Å². The molecule has 0 unspecified atom stereocenters. The van der Waals surface area contributed by atoms with Crippen molar-refractivity contribution in [1.82, 2.24) is 19.9 Å². The molecule has 1 aliphatic carbocycles. The molecule has 3 aromatic rings. The predicted molar refractivity (Wildman–Crippen MR) is 121 cm³/mol. The highest BCUT2D eigenvalue weighted by atomic mass is 32.1. The molecule has 0 aliphatic heterocycles. The molecule has 0 spiro atoms. The van der Waals surface area contributed by atoms with Crippen molar-refractivity contribution in [1.29, 1.82) is 0 Å². The van der Waals surface area contributed by atoms with Gasteiger partial charge in [0.05, 0.1) is 12.6 Å². The number of nitrogens with zero attached hydrogens (tertiary/aromatic N) is 1. The van der Waals surface area contributed by atoms with E-state index >= 15 is 0 Å². The molecule has 0 saturated heterocycles. The van der Waals surface area contributed by atoms with Gasteiger partial charge in [-0.2, -0.15) is 0 Å².